The van der Waals surface area contributed by atoms with E-state index in [0.29, 0.717) is 28.4 Å². The number of fused-ring (bicyclic) bond motifs is 1. The van der Waals surface area contributed by atoms with Crippen LogP contribution in [0.4, 0.5) is 10.1 Å². The number of carbonyl (C=O) groups excluding carboxylic acids is 1. The van der Waals surface area contributed by atoms with Crippen molar-refractivity contribution in [3.05, 3.63) is 106 Å². The minimum atomic E-state index is -1.17. The van der Waals surface area contributed by atoms with Crippen LogP contribution in [-0.2, 0) is 6.54 Å². The second-order valence-corrected chi connectivity index (χ2v) is 12.0. The van der Waals surface area contributed by atoms with E-state index in [9.17, 15) is 14.7 Å². The van der Waals surface area contributed by atoms with Crippen LogP contribution in [0.25, 0.3) is 26.3 Å². The third-order valence-electron chi connectivity index (χ3n) is 6.96. The third kappa shape index (κ3) is 5.52. The van der Waals surface area contributed by atoms with Crippen molar-refractivity contribution < 1.29 is 23.6 Å². The van der Waals surface area contributed by atoms with Crippen molar-refractivity contribution in [1.82, 2.24) is 19.5 Å². The summed E-state index contributed by atoms with van der Waals surface area (Å²) in [4.78, 5) is 32.2. The number of aliphatic hydroxyl groups is 1. The first-order valence-electron chi connectivity index (χ1n) is 13.7. The molecule has 224 valence electrons. The summed E-state index contributed by atoms with van der Waals surface area (Å²) < 4.78 is 30.1. The maximum Gasteiger partial charge on any atom is 0.284 e. The highest BCUT2D eigenvalue weighted by Crippen LogP contribution is 2.40. The van der Waals surface area contributed by atoms with Gasteiger partial charge in [-0.1, -0.05) is 23.4 Å². The second-order valence-electron chi connectivity index (χ2n) is 10.9. The number of thiophene rings is 1. The van der Waals surface area contributed by atoms with Crippen molar-refractivity contribution in [3.63, 3.8) is 0 Å². The molecule has 44 heavy (non-hydrogen) atoms. The van der Waals surface area contributed by atoms with E-state index in [-0.39, 0.29) is 23.5 Å². The third-order valence-corrected chi connectivity index (χ3v) is 8.13. The molecule has 0 atom stereocenters. The normalized spacial score (nSPS) is 11.7. The molecule has 0 fully saturated rings. The van der Waals surface area contributed by atoms with Crippen LogP contribution in [0.1, 0.15) is 35.7 Å². The van der Waals surface area contributed by atoms with Crippen molar-refractivity contribution in [2.75, 3.05) is 5.32 Å². The van der Waals surface area contributed by atoms with Gasteiger partial charge in [-0.3, -0.25) is 19.3 Å². The van der Waals surface area contributed by atoms with Gasteiger partial charge in [0.05, 0.1) is 45.5 Å². The standard InChI is InChI=1S/C32H28FN5O5S/c1-18-28(31(40)38(21-8-6-5-7-9-21)37(18)17-32(3,4)41)30(39)36-20-10-11-25(23(33)14-20)42-26-12-13-34-24-15-27(44-29(24)26)22-16-35-43-19(22)2/h5-16,41H,17H2,1-4H3,(H,36,39). The SMILES string of the molecule is Cc1oncc1-c1cc2nccc(Oc3ccc(NC(=O)c4c(C)n(CC(C)(C)O)n(-c5ccccc5)c4=O)cc3F)c2s1. The Hall–Kier alpha value is -5.07. The first kappa shape index (κ1) is 29.0. The van der Waals surface area contributed by atoms with Crippen LogP contribution >= 0.6 is 11.3 Å². The number of hydrogen-bond acceptors (Lipinski definition) is 8. The van der Waals surface area contributed by atoms with Gasteiger partial charge in [0, 0.05) is 28.9 Å². The van der Waals surface area contributed by atoms with Gasteiger partial charge in [-0.05, 0) is 58.0 Å². The molecule has 4 heterocycles. The molecule has 0 radical (unpaired) electrons. The van der Waals surface area contributed by atoms with E-state index < -0.39 is 22.9 Å². The molecule has 6 aromatic rings. The minimum Gasteiger partial charge on any atom is -0.453 e. The fourth-order valence-electron chi connectivity index (χ4n) is 4.93. The van der Waals surface area contributed by atoms with E-state index in [2.05, 4.69) is 15.5 Å². The molecule has 0 unspecified atom stereocenters. The first-order valence-corrected chi connectivity index (χ1v) is 14.5. The molecule has 2 N–H and O–H groups in total. The van der Waals surface area contributed by atoms with E-state index in [4.69, 9.17) is 9.26 Å². The molecule has 12 heteroatoms. The number of halogens is 1. The van der Waals surface area contributed by atoms with Gasteiger partial charge in [-0.15, -0.1) is 11.3 Å². The number of nitrogens with zero attached hydrogens (tertiary/aromatic N) is 4. The van der Waals surface area contributed by atoms with Crippen molar-refractivity contribution in [3.8, 4) is 27.6 Å². The van der Waals surface area contributed by atoms with Gasteiger partial charge < -0.3 is 19.7 Å². The molecule has 1 amide bonds. The highest BCUT2D eigenvalue weighted by Gasteiger charge is 2.27. The topological polar surface area (TPSA) is 124 Å². The number of aryl methyl sites for hydroxylation is 1. The quantitative estimate of drug-likeness (QED) is 0.201. The van der Waals surface area contributed by atoms with Gasteiger partial charge in [0.25, 0.3) is 11.5 Å². The predicted molar refractivity (Wildman–Crippen MR) is 165 cm³/mol. The zero-order chi connectivity index (χ0) is 31.2. The summed E-state index contributed by atoms with van der Waals surface area (Å²) in [5.41, 5.74) is 0.713. The number of carbonyl (C=O) groups is 1. The van der Waals surface area contributed by atoms with Crippen LogP contribution < -0.4 is 15.6 Å². The Balaban J connectivity index is 1.27. The summed E-state index contributed by atoms with van der Waals surface area (Å²) in [6.45, 7) is 6.74. The number of para-hydroxylation sites is 1. The van der Waals surface area contributed by atoms with Crippen LogP contribution in [-0.4, -0.2) is 36.1 Å². The van der Waals surface area contributed by atoms with E-state index in [1.807, 2.05) is 19.1 Å². The molecular weight excluding hydrogens is 585 g/mol. The van der Waals surface area contributed by atoms with E-state index in [1.54, 1.807) is 68.2 Å². The molecule has 0 saturated carbocycles. The zero-order valence-electron chi connectivity index (χ0n) is 24.3. The van der Waals surface area contributed by atoms with Crippen molar-refractivity contribution in [2.24, 2.45) is 0 Å². The average molecular weight is 614 g/mol. The lowest BCUT2D eigenvalue weighted by atomic mass is 10.1. The molecule has 0 aliphatic heterocycles. The molecule has 2 aromatic carbocycles. The average Bonchev–Trinajstić information content (AvgIpc) is 3.66. The maximum atomic E-state index is 15.3. The molecule has 0 aliphatic carbocycles. The van der Waals surface area contributed by atoms with Crippen LogP contribution in [0, 0.1) is 19.7 Å². The summed E-state index contributed by atoms with van der Waals surface area (Å²) in [6, 6.07) is 16.4. The van der Waals surface area contributed by atoms with Gasteiger partial charge in [0.2, 0.25) is 0 Å². The second kappa shape index (κ2) is 11.2. The molecule has 4 aromatic heterocycles. The molecule has 6 rings (SSSR count). The van der Waals surface area contributed by atoms with E-state index >= 15 is 4.39 Å². The van der Waals surface area contributed by atoms with Gasteiger partial charge >= 0.3 is 0 Å². The lowest BCUT2D eigenvalue weighted by Crippen LogP contribution is -2.32. The molecule has 0 saturated heterocycles. The summed E-state index contributed by atoms with van der Waals surface area (Å²) in [5.74, 6) is -0.374. The Kier molecular flexibility index (Phi) is 7.39. The van der Waals surface area contributed by atoms with Crippen LogP contribution in [0.15, 0.2) is 82.4 Å². The lowest BCUT2D eigenvalue weighted by Gasteiger charge is -2.22. The van der Waals surface area contributed by atoms with Gasteiger partial charge in [-0.25, -0.2) is 9.07 Å². The number of hydrogen-bond donors (Lipinski definition) is 2. The number of anilines is 1. The summed E-state index contributed by atoms with van der Waals surface area (Å²) in [7, 11) is 0. The fraction of sp³-hybridized carbons (Fsp3) is 0.188. The van der Waals surface area contributed by atoms with Crippen LogP contribution in [0.2, 0.25) is 0 Å². The molecule has 10 nitrogen and oxygen atoms in total. The molecular formula is C32H28FN5O5S. The number of pyridine rings is 1. The Morgan fingerprint density at radius 3 is 2.57 bits per heavy atom. The van der Waals surface area contributed by atoms with Gasteiger partial charge in [0.1, 0.15) is 17.1 Å². The number of aromatic nitrogens is 4. The Labute approximate surface area is 254 Å². The Morgan fingerprint density at radius 2 is 1.89 bits per heavy atom. The zero-order valence-corrected chi connectivity index (χ0v) is 25.1. The highest BCUT2D eigenvalue weighted by molar-refractivity contribution is 7.22. The maximum absolute atomic E-state index is 15.3. The lowest BCUT2D eigenvalue weighted by molar-refractivity contribution is 0.0546. The van der Waals surface area contributed by atoms with E-state index in [0.717, 1.165) is 21.2 Å². The number of rotatable bonds is 8. The minimum absolute atomic E-state index is 0.0504. The Morgan fingerprint density at radius 1 is 1.11 bits per heavy atom. The highest BCUT2D eigenvalue weighted by atomic mass is 32.1. The van der Waals surface area contributed by atoms with Crippen molar-refractivity contribution in [2.45, 2.75) is 39.8 Å². The number of ether oxygens (including phenoxy) is 1. The first-order chi connectivity index (χ1) is 21.0. The van der Waals surface area contributed by atoms with Crippen LogP contribution in [0.3, 0.4) is 0 Å². The fourth-order valence-corrected chi connectivity index (χ4v) is 6.05. The largest absolute Gasteiger partial charge is 0.453 e. The van der Waals surface area contributed by atoms with Crippen LogP contribution in [0.5, 0.6) is 11.5 Å². The summed E-state index contributed by atoms with van der Waals surface area (Å²) in [6.07, 6.45) is 3.21. The van der Waals surface area contributed by atoms with Gasteiger partial charge in [0.15, 0.2) is 11.6 Å². The number of benzene rings is 2. The summed E-state index contributed by atoms with van der Waals surface area (Å²) >= 11 is 1.42. The summed E-state index contributed by atoms with van der Waals surface area (Å²) in [5, 5.41) is 17.0. The van der Waals surface area contributed by atoms with E-state index in [1.165, 1.54) is 28.2 Å². The van der Waals surface area contributed by atoms with Gasteiger partial charge in [-0.2, -0.15) is 0 Å². The monoisotopic (exact) mass is 613 g/mol. The molecule has 0 bridgehead atoms. The smallest absolute Gasteiger partial charge is 0.284 e. The van der Waals surface area contributed by atoms with Crippen molar-refractivity contribution in [1.29, 1.82) is 0 Å². The van der Waals surface area contributed by atoms with Crippen molar-refractivity contribution >= 4 is 33.1 Å². The molecule has 0 spiro atoms. The predicted octanol–water partition coefficient (Wildman–Crippen LogP) is 6.48. The number of amides is 1. The molecule has 0 aliphatic rings. The number of nitrogens with one attached hydrogen (secondary N) is 1. The Bertz CT molecular complexity index is 2070.